The van der Waals surface area contributed by atoms with Crippen LogP contribution in [0.1, 0.15) is 29.5 Å². The summed E-state index contributed by atoms with van der Waals surface area (Å²) < 4.78 is 10.5. The van der Waals surface area contributed by atoms with Crippen LogP contribution in [0.4, 0.5) is 5.69 Å². The molecule has 7 nitrogen and oxygen atoms in total. The molecule has 1 aliphatic heterocycles. The SMILES string of the molecule is COCC(=O)N1CCCN(Cc2ccc(Cl)cc2)CCCN(C(=O)Cc2ccc(OC)cc2)Cc2ccccc21. The Morgan fingerprint density at radius 2 is 1.48 bits per heavy atom. The summed E-state index contributed by atoms with van der Waals surface area (Å²) in [6.07, 6.45) is 1.96. The molecular weight excluding hydrogens is 526 g/mol. The van der Waals surface area contributed by atoms with Crippen LogP contribution in [0, 0.1) is 0 Å². The van der Waals surface area contributed by atoms with Gasteiger partial charge in [0.25, 0.3) is 5.91 Å². The van der Waals surface area contributed by atoms with E-state index in [0.717, 1.165) is 60.1 Å². The summed E-state index contributed by atoms with van der Waals surface area (Å²) in [7, 11) is 3.17. The molecule has 1 aliphatic rings. The van der Waals surface area contributed by atoms with Gasteiger partial charge in [-0.05, 0) is 59.9 Å². The molecule has 0 N–H and O–H groups in total. The van der Waals surface area contributed by atoms with Crippen LogP contribution in [0.25, 0.3) is 0 Å². The van der Waals surface area contributed by atoms with Gasteiger partial charge in [0, 0.05) is 57.1 Å². The zero-order valence-electron chi connectivity index (χ0n) is 23.4. The van der Waals surface area contributed by atoms with Crippen LogP contribution >= 0.6 is 11.6 Å². The summed E-state index contributed by atoms with van der Waals surface area (Å²) in [6, 6.07) is 23.4. The Kier molecular flexibility index (Phi) is 11.0. The van der Waals surface area contributed by atoms with Crippen molar-refractivity contribution in [1.29, 1.82) is 0 Å². The van der Waals surface area contributed by atoms with Gasteiger partial charge in [0.1, 0.15) is 12.4 Å². The van der Waals surface area contributed by atoms with Gasteiger partial charge in [-0.2, -0.15) is 0 Å². The molecule has 4 rings (SSSR count). The first-order valence-corrected chi connectivity index (χ1v) is 14.1. The number of hydrogen-bond donors (Lipinski definition) is 0. The number of methoxy groups -OCH3 is 2. The average Bonchev–Trinajstić information content (AvgIpc) is 2.96. The van der Waals surface area contributed by atoms with Crippen LogP contribution in [-0.4, -0.2) is 68.6 Å². The molecule has 0 bridgehead atoms. The molecule has 3 aromatic carbocycles. The number of anilines is 1. The van der Waals surface area contributed by atoms with E-state index >= 15 is 0 Å². The van der Waals surface area contributed by atoms with Crippen LogP contribution in [0.15, 0.2) is 72.8 Å². The molecule has 40 heavy (non-hydrogen) atoms. The average molecular weight is 564 g/mol. The maximum atomic E-state index is 13.6. The molecule has 0 aliphatic carbocycles. The number of fused-ring (bicyclic) bond motifs is 1. The predicted octanol–water partition coefficient (Wildman–Crippen LogP) is 5.20. The molecule has 0 fully saturated rings. The number of hydrogen-bond acceptors (Lipinski definition) is 5. The van der Waals surface area contributed by atoms with E-state index in [-0.39, 0.29) is 18.4 Å². The molecule has 0 radical (unpaired) electrons. The fourth-order valence-corrected chi connectivity index (χ4v) is 5.20. The van der Waals surface area contributed by atoms with Crippen molar-refractivity contribution >= 4 is 29.1 Å². The number of rotatable bonds is 7. The fraction of sp³-hybridized carbons (Fsp3) is 0.375. The lowest BCUT2D eigenvalue weighted by molar-refractivity contribution is -0.131. The molecule has 0 saturated heterocycles. The number of ether oxygens (including phenoxy) is 2. The summed E-state index contributed by atoms with van der Waals surface area (Å²) in [5.41, 5.74) is 3.90. The van der Waals surface area contributed by atoms with E-state index in [9.17, 15) is 9.59 Å². The lowest BCUT2D eigenvalue weighted by Gasteiger charge is -2.31. The number of carbonyl (C=O) groups excluding carboxylic acids is 2. The largest absolute Gasteiger partial charge is 0.497 e. The summed E-state index contributed by atoms with van der Waals surface area (Å²) in [5, 5.41) is 0.717. The first-order valence-electron chi connectivity index (χ1n) is 13.7. The van der Waals surface area contributed by atoms with Crippen molar-refractivity contribution in [3.63, 3.8) is 0 Å². The maximum Gasteiger partial charge on any atom is 0.252 e. The second-order valence-corrected chi connectivity index (χ2v) is 10.5. The van der Waals surface area contributed by atoms with Gasteiger partial charge in [-0.25, -0.2) is 0 Å². The summed E-state index contributed by atoms with van der Waals surface area (Å²) in [4.78, 5) is 32.9. The Balaban J connectivity index is 1.59. The summed E-state index contributed by atoms with van der Waals surface area (Å²) >= 11 is 6.10. The second-order valence-electron chi connectivity index (χ2n) is 10.1. The van der Waals surface area contributed by atoms with Crippen LogP contribution in [0.2, 0.25) is 5.02 Å². The monoisotopic (exact) mass is 563 g/mol. The van der Waals surface area contributed by atoms with E-state index in [1.54, 1.807) is 7.11 Å². The van der Waals surface area contributed by atoms with Crippen molar-refractivity contribution in [2.24, 2.45) is 0 Å². The standard InChI is InChI=1S/C32H38ClN3O4/c1-39-24-32(38)36-20-6-18-34(22-26-9-13-28(33)14-10-26)17-5-19-35(23-27-7-3-4-8-30(27)36)31(37)21-25-11-15-29(40-2)16-12-25/h3-4,7-16H,5-6,17-24H2,1-2H3. The van der Waals surface area contributed by atoms with Gasteiger partial charge in [-0.1, -0.05) is 54.1 Å². The lowest BCUT2D eigenvalue weighted by Crippen LogP contribution is -2.40. The van der Waals surface area contributed by atoms with E-state index in [2.05, 4.69) is 4.90 Å². The van der Waals surface area contributed by atoms with E-state index in [1.807, 2.05) is 82.6 Å². The number of benzene rings is 3. The smallest absolute Gasteiger partial charge is 0.252 e. The van der Waals surface area contributed by atoms with Crippen molar-refractivity contribution in [1.82, 2.24) is 9.80 Å². The first kappa shape index (κ1) is 29.6. The van der Waals surface area contributed by atoms with E-state index < -0.39 is 0 Å². The van der Waals surface area contributed by atoms with Gasteiger partial charge in [-0.15, -0.1) is 0 Å². The number of nitrogens with zero attached hydrogens (tertiary/aromatic N) is 3. The molecule has 2 amide bonds. The third-order valence-corrected chi connectivity index (χ3v) is 7.41. The molecule has 212 valence electrons. The van der Waals surface area contributed by atoms with Crippen molar-refractivity contribution < 1.29 is 19.1 Å². The summed E-state index contributed by atoms with van der Waals surface area (Å²) in [6.45, 7) is 4.05. The van der Waals surface area contributed by atoms with Crippen molar-refractivity contribution in [3.05, 3.63) is 94.5 Å². The highest BCUT2D eigenvalue weighted by atomic mass is 35.5. The van der Waals surface area contributed by atoms with Crippen molar-refractivity contribution in [3.8, 4) is 5.75 Å². The molecule has 1 heterocycles. The van der Waals surface area contributed by atoms with Gasteiger partial charge in [0.2, 0.25) is 5.91 Å². The summed E-state index contributed by atoms with van der Waals surface area (Å²) in [5.74, 6) is 0.724. The van der Waals surface area contributed by atoms with Crippen LogP contribution in [0.3, 0.4) is 0 Å². The third-order valence-electron chi connectivity index (χ3n) is 7.16. The number of halogens is 1. The highest BCUT2D eigenvalue weighted by Gasteiger charge is 2.23. The molecule has 0 spiro atoms. The normalized spacial score (nSPS) is 15.1. The predicted molar refractivity (Wildman–Crippen MR) is 159 cm³/mol. The quantitative estimate of drug-likeness (QED) is 0.396. The zero-order chi connectivity index (χ0) is 28.3. The maximum absolute atomic E-state index is 13.6. The zero-order valence-corrected chi connectivity index (χ0v) is 24.1. The van der Waals surface area contributed by atoms with Gasteiger partial charge in [-0.3, -0.25) is 14.5 Å². The highest BCUT2D eigenvalue weighted by Crippen LogP contribution is 2.25. The molecule has 0 unspecified atom stereocenters. The van der Waals surface area contributed by atoms with Gasteiger partial charge in [0.15, 0.2) is 0 Å². The molecule has 0 aromatic heterocycles. The number of para-hydroxylation sites is 1. The van der Waals surface area contributed by atoms with Crippen LogP contribution in [0.5, 0.6) is 5.75 Å². The van der Waals surface area contributed by atoms with E-state index in [4.69, 9.17) is 21.1 Å². The van der Waals surface area contributed by atoms with Crippen LogP contribution < -0.4 is 9.64 Å². The number of amides is 2. The minimum absolute atomic E-state index is 0.00291. The Morgan fingerprint density at radius 1 is 0.800 bits per heavy atom. The first-order chi connectivity index (χ1) is 19.5. The molecule has 0 atom stereocenters. The van der Waals surface area contributed by atoms with Crippen LogP contribution in [-0.2, 0) is 33.8 Å². The van der Waals surface area contributed by atoms with Gasteiger partial charge < -0.3 is 19.3 Å². The van der Waals surface area contributed by atoms with Crippen molar-refractivity contribution in [2.45, 2.75) is 32.4 Å². The topological polar surface area (TPSA) is 62.3 Å². The Labute approximate surface area is 242 Å². The Bertz CT molecular complexity index is 1250. The Morgan fingerprint density at radius 3 is 2.17 bits per heavy atom. The second kappa shape index (κ2) is 14.8. The minimum atomic E-state index is -0.0904. The minimum Gasteiger partial charge on any atom is -0.497 e. The van der Waals surface area contributed by atoms with Gasteiger partial charge in [0.05, 0.1) is 13.5 Å². The highest BCUT2D eigenvalue weighted by molar-refractivity contribution is 6.30. The van der Waals surface area contributed by atoms with Gasteiger partial charge >= 0.3 is 0 Å². The van der Waals surface area contributed by atoms with Crippen molar-refractivity contribution in [2.75, 3.05) is 51.9 Å². The number of carbonyl (C=O) groups is 2. The molecule has 0 saturated carbocycles. The fourth-order valence-electron chi connectivity index (χ4n) is 5.07. The molecule has 3 aromatic rings. The lowest BCUT2D eigenvalue weighted by atomic mass is 10.1. The molecular formula is C32H38ClN3O4. The third kappa shape index (κ3) is 8.31. The van der Waals surface area contributed by atoms with E-state index in [0.29, 0.717) is 26.1 Å². The Hall–Kier alpha value is -3.39. The molecule has 8 heteroatoms. The van der Waals surface area contributed by atoms with E-state index in [1.165, 1.54) is 12.7 Å².